The van der Waals surface area contributed by atoms with E-state index in [0.717, 1.165) is 19.0 Å². The molecule has 13 heavy (non-hydrogen) atoms. The fourth-order valence-corrected chi connectivity index (χ4v) is 2.69. The van der Waals surface area contributed by atoms with E-state index in [4.69, 9.17) is 0 Å². The molecule has 0 bridgehead atoms. The van der Waals surface area contributed by atoms with Gasteiger partial charge in [0.05, 0.1) is 0 Å². The summed E-state index contributed by atoms with van der Waals surface area (Å²) in [7, 11) is 2.15. The van der Waals surface area contributed by atoms with Crippen LogP contribution >= 0.6 is 0 Å². The minimum absolute atomic E-state index is 0.336. The first-order valence-electron chi connectivity index (χ1n) is 5.20. The van der Waals surface area contributed by atoms with E-state index in [2.05, 4.69) is 16.8 Å². The zero-order valence-electron chi connectivity index (χ0n) is 8.49. The molecule has 0 aromatic rings. The maximum absolute atomic E-state index is 11.6. The van der Waals surface area contributed by atoms with Gasteiger partial charge in [0.25, 0.3) is 0 Å². The van der Waals surface area contributed by atoms with Crippen molar-refractivity contribution in [3.63, 3.8) is 0 Å². The van der Waals surface area contributed by atoms with Crippen LogP contribution in [0.2, 0.25) is 0 Å². The fraction of sp³-hybridized carbons (Fsp3) is 0.900. The van der Waals surface area contributed by atoms with Crippen LogP contribution in [-0.2, 0) is 4.79 Å². The molecule has 2 heterocycles. The number of carbonyl (C=O) groups excluding carboxylic acids is 1. The van der Waals surface area contributed by atoms with Gasteiger partial charge in [0.2, 0.25) is 5.91 Å². The predicted octanol–water partition coefficient (Wildman–Crippen LogP) is 0.559. The van der Waals surface area contributed by atoms with Gasteiger partial charge in [-0.3, -0.25) is 4.79 Å². The molecule has 0 aliphatic carbocycles. The van der Waals surface area contributed by atoms with Crippen molar-refractivity contribution in [2.45, 2.75) is 25.8 Å². The molecule has 0 aromatic heterocycles. The molecule has 0 spiro atoms. The Bertz CT molecular complexity index is 217. The van der Waals surface area contributed by atoms with Crippen LogP contribution in [0.5, 0.6) is 0 Å². The van der Waals surface area contributed by atoms with Crippen molar-refractivity contribution in [1.29, 1.82) is 0 Å². The van der Waals surface area contributed by atoms with E-state index < -0.39 is 0 Å². The average Bonchev–Trinajstić information content (AvgIpc) is 2.61. The van der Waals surface area contributed by atoms with Gasteiger partial charge in [-0.25, -0.2) is 0 Å². The monoisotopic (exact) mass is 182 g/mol. The summed E-state index contributed by atoms with van der Waals surface area (Å²) in [5, 5.41) is 0. The van der Waals surface area contributed by atoms with E-state index in [-0.39, 0.29) is 0 Å². The molecule has 2 rings (SSSR count). The van der Waals surface area contributed by atoms with Crippen molar-refractivity contribution in [2.24, 2.45) is 5.92 Å². The molecule has 2 unspecified atom stereocenters. The molecule has 2 saturated heterocycles. The van der Waals surface area contributed by atoms with Crippen molar-refractivity contribution < 1.29 is 4.79 Å². The Morgan fingerprint density at radius 3 is 2.92 bits per heavy atom. The number of carbonyl (C=O) groups is 1. The summed E-state index contributed by atoms with van der Waals surface area (Å²) in [4.78, 5) is 16.0. The Morgan fingerprint density at radius 1 is 1.46 bits per heavy atom. The number of likely N-dealkylation sites (N-methyl/N-ethyl adjacent to an activating group) is 1. The predicted molar refractivity (Wildman–Crippen MR) is 51.4 cm³/mol. The third-order valence-corrected chi connectivity index (χ3v) is 3.35. The zero-order valence-corrected chi connectivity index (χ0v) is 8.49. The molecule has 3 nitrogen and oxygen atoms in total. The van der Waals surface area contributed by atoms with Crippen LogP contribution in [0.1, 0.15) is 19.8 Å². The molecular formula is C10H18N2O. The van der Waals surface area contributed by atoms with Gasteiger partial charge in [-0.05, 0) is 19.4 Å². The van der Waals surface area contributed by atoms with Gasteiger partial charge in [-0.15, -0.1) is 0 Å². The Morgan fingerprint density at radius 2 is 2.23 bits per heavy atom. The minimum atomic E-state index is 0.336. The third kappa shape index (κ3) is 1.46. The lowest BCUT2D eigenvalue weighted by atomic mass is 10.1. The molecule has 1 amide bonds. The molecule has 0 aromatic carbocycles. The van der Waals surface area contributed by atoms with Crippen LogP contribution < -0.4 is 0 Å². The lowest BCUT2D eigenvalue weighted by Crippen LogP contribution is -2.38. The standard InChI is InChI=1S/C10H18N2O/c1-3-10(13)12-5-4-8-6-11(2)7-9(8)12/h8-9H,3-7H2,1-2H3. The number of rotatable bonds is 1. The van der Waals surface area contributed by atoms with Gasteiger partial charge in [0.1, 0.15) is 0 Å². The molecule has 2 fully saturated rings. The van der Waals surface area contributed by atoms with Crippen LogP contribution in [0, 0.1) is 5.92 Å². The van der Waals surface area contributed by atoms with Crippen LogP contribution in [0.15, 0.2) is 0 Å². The quantitative estimate of drug-likeness (QED) is 0.591. The highest BCUT2D eigenvalue weighted by Gasteiger charge is 2.41. The highest BCUT2D eigenvalue weighted by atomic mass is 16.2. The molecule has 2 aliphatic heterocycles. The minimum Gasteiger partial charge on any atom is -0.338 e. The SMILES string of the molecule is CCC(=O)N1CCC2CN(C)CC21. The van der Waals surface area contributed by atoms with Crippen LogP contribution in [0.4, 0.5) is 0 Å². The zero-order chi connectivity index (χ0) is 9.42. The summed E-state index contributed by atoms with van der Waals surface area (Å²) < 4.78 is 0. The molecular weight excluding hydrogens is 164 g/mol. The lowest BCUT2D eigenvalue weighted by Gasteiger charge is -2.23. The summed E-state index contributed by atoms with van der Waals surface area (Å²) in [5.41, 5.74) is 0. The first-order chi connectivity index (χ1) is 6.22. The lowest BCUT2D eigenvalue weighted by molar-refractivity contribution is -0.131. The van der Waals surface area contributed by atoms with Gasteiger partial charge in [0.15, 0.2) is 0 Å². The van der Waals surface area contributed by atoms with Crippen molar-refractivity contribution in [3.05, 3.63) is 0 Å². The highest BCUT2D eigenvalue weighted by molar-refractivity contribution is 5.76. The molecule has 2 atom stereocenters. The van der Waals surface area contributed by atoms with Crippen molar-refractivity contribution in [3.8, 4) is 0 Å². The fourth-order valence-electron chi connectivity index (χ4n) is 2.69. The van der Waals surface area contributed by atoms with Crippen molar-refractivity contribution >= 4 is 5.91 Å². The number of amides is 1. The Balaban J connectivity index is 2.04. The summed E-state index contributed by atoms with van der Waals surface area (Å²) in [5.74, 6) is 1.09. The molecule has 0 saturated carbocycles. The second-order valence-electron chi connectivity index (χ2n) is 4.28. The molecule has 2 aliphatic rings. The number of nitrogens with zero attached hydrogens (tertiary/aromatic N) is 2. The molecule has 0 N–H and O–H groups in total. The number of fused-ring (bicyclic) bond motifs is 1. The van der Waals surface area contributed by atoms with E-state index in [9.17, 15) is 4.79 Å². The summed E-state index contributed by atoms with van der Waals surface area (Å²) >= 11 is 0. The number of hydrogen-bond acceptors (Lipinski definition) is 2. The first-order valence-corrected chi connectivity index (χ1v) is 5.20. The molecule has 74 valence electrons. The summed E-state index contributed by atoms with van der Waals surface area (Å²) in [6.07, 6.45) is 1.87. The highest BCUT2D eigenvalue weighted by Crippen LogP contribution is 2.30. The van der Waals surface area contributed by atoms with Crippen molar-refractivity contribution in [1.82, 2.24) is 9.80 Å². The van der Waals surface area contributed by atoms with E-state index in [1.54, 1.807) is 0 Å². The molecule has 3 heteroatoms. The second-order valence-corrected chi connectivity index (χ2v) is 4.28. The average molecular weight is 182 g/mol. The Kier molecular flexibility index (Phi) is 2.28. The molecule has 0 radical (unpaired) electrons. The van der Waals surface area contributed by atoms with Gasteiger partial charge >= 0.3 is 0 Å². The van der Waals surface area contributed by atoms with E-state index in [1.165, 1.54) is 13.0 Å². The van der Waals surface area contributed by atoms with Gasteiger partial charge in [0, 0.05) is 32.1 Å². The van der Waals surface area contributed by atoms with Crippen LogP contribution in [0.25, 0.3) is 0 Å². The Hall–Kier alpha value is -0.570. The topological polar surface area (TPSA) is 23.6 Å². The largest absolute Gasteiger partial charge is 0.338 e. The third-order valence-electron chi connectivity index (χ3n) is 3.35. The van der Waals surface area contributed by atoms with Gasteiger partial charge < -0.3 is 9.80 Å². The van der Waals surface area contributed by atoms with Crippen LogP contribution in [-0.4, -0.2) is 48.4 Å². The Labute approximate surface area is 79.7 Å². The smallest absolute Gasteiger partial charge is 0.222 e. The van der Waals surface area contributed by atoms with E-state index >= 15 is 0 Å². The van der Waals surface area contributed by atoms with Gasteiger partial charge in [-0.2, -0.15) is 0 Å². The summed E-state index contributed by atoms with van der Waals surface area (Å²) in [6.45, 7) is 5.21. The van der Waals surface area contributed by atoms with E-state index in [1.807, 2.05) is 6.92 Å². The van der Waals surface area contributed by atoms with Gasteiger partial charge in [-0.1, -0.05) is 6.92 Å². The maximum atomic E-state index is 11.6. The first kappa shape index (κ1) is 9.00. The van der Waals surface area contributed by atoms with E-state index in [0.29, 0.717) is 18.4 Å². The number of hydrogen-bond donors (Lipinski definition) is 0. The van der Waals surface area contributed by atoms with Crippen LogP contribution in [0.3, 0.4) is 0 Å². The normalized spacial score (nSPS) is 33.8. The maximum Gasteiger partial charge on any atom is 0.222 e. The summed E-state index contributed by atoms with van der Waals surface area (Å²) in [6, 6.07) is 0.525. The van der Waals surface area contributed by atoms with Crippen molar-refractivity contribution in [2.75, 3.05) is 26.7 Å². The number of likely N-dealkylation sites (tertiary alicyclic amines) is 2. The second kappa shape index (κ2) is 3.29.